The van der Waals surface area contributed by atoms with Crippen molar-refractivity contribution in [2.45, 2.75) is 64.1 Å². The summed E-state index contributed by atoms with van der Waals surface area (Å²) in [6.07, 6.45) is 4.59. The summed E-state index contributed by atoms with van der Waals surface area (Å²) in [6.45, 7) is 6.52. The number of methoxy groups -OCH3 is 2. The molecular weight excluding hydrogens is 703 g/mol. The van der Waals surface area contributed by atoms with Gasteiger partial charge in [0.1, 0.15) is 56.5 Å². The van der Waals surface area contributed by atoms with Crippen LogP contribution in [0.3, 0.4) is 0 Å². The molecular formula is C34H42Cl2N8O7. The van der Waals surface area contributed by atoms with Crippen molar-refractivity contribution < 1.29 is 28.7 Å². The van der Waals surface area contributed by atoms with Crippen LogP contribution in [0.4, 0.5) is 44.0 Å². The molecule has 1 aromatic heterocycles. The summed E-state index contributed by atoms with van der Waals surface area (Å²) < 4.78 is 16.3. The molecule has 2 fully saturated rings. The molecule has 1 saturated heterocycles. The predicted octanol–water partition coefficient (Wildman–Crippen LogP) is 7.51. The summed E-state index contributed by atoms with van der Waals surface area (Å²) in [6, 6.07) is 8.11. The lowest BCUT2D eigenvalue weighted by molar-refractivity contribution is -0.383. The van der Waals surface area contributed by atoms with E-state index in [2.05, 4.69) is 32.1 Å². The molecule has 2 aliphatic rings. The minimum Gasteiger partial charge on any atom is -0.495 e. The number of benzene rings is 2. The molecule has 0 radical (unpaired) electrons. The van der Waals surface area contributed by atoms with E-state index in [9.17, 15) is 19.7 Å². The van der Waals surface area contributed by atoms with Crippen molar-refractivity contribution in [3.8, 4) is 11.5 Å². The number of halogens is 2. The number of nitro benzene ring substituents is 1. The third kappa shape index (κ3) is 8.48. The van der Waals surface area contributed by atoms with E-state index >= 15 is 0 Å². The fourth-order valence-corrected chi connectivity index (χ4v) is 6.58. The van der Waals surface area contributed by atoms with Gasteiger partial charge in [0.2, 0.25) is 0 Å². The molecule has 3 amide bonds. The highest BCUT2D eigenvalue weighted by molar-refractivity contribution is 6.43. The minimum atomic E-state index is -1.08. The van der Waals surface area contributed by atoms with Gasteiger partial charge in [0.05, 0.1) is 19.1 Å². The first-order valence-corrected chi connectivity index (χ1v) is 17.1. The number of piperidine rings is 1. The van der Waals surface area contributed by atoms with E-state index in [4.69, 9.17) is 37.4 Å². The smallest absolute Gasteiger partial charge is 0.423 e. The van der Waals surface area contributed by atoms with Crippen molar-refractivity contribution in [1.82, 2.24) is 14.9 Å². The number of anilines is 5. The Morgan fingerprint density at radius 1 is 0.961 bits per heavy atom. The SMILES string of the molecule is COc1cc(OC)c(Cl)c(N(C(=O)OC(C)(C)C)C(=O)N(C)c2cc(Nc3ccc(N4CCC(N(C)C5CC5)CC4)cc3[N+](=O)[O-])ncn2)c1Cl. The molecule has 0 atom stereocenters. The molecule has 0 bridgehead atoms. The van der Waals surface area contributed by atoms with Crippen molar-refractivity contribution in [2.24, 2.45) is 0 Å². The molecule has 0 unspecified atom stereocenters. The molecule has 0 spiro atoms. The van der Waals surface area contributed by atoms with Crippen LogP contribution in [0.2, 0.25) is 10.0 Å². The largest absolute Gasteiger partial charge is 0.495 e. The number of hydrogen-bond acceptors (Lipinski definition) is 12. The number of carbonyl (C=O) groups is 2. The van der Waals surface area contributed by atoms with Gasteiger partial charge in [0, 0.05) is 56.1 Å². The lowest BCUT2D eigenvalue weighted by Gasteiger charge is -2.38. The van der Waals surface area contributed by atoms with Crippen LogP contribution in [0.15, 0.2) is 36.7 Å². The molecule has 274 valence electrons. The highest BCUT2D eigenvalue weighted by atomic mass is 35.5. The Morgan fingerprint density at radius 3 is 2.12 bits per heavy atom. The van der Waals surface area contributed by atoms with Gasteiger partial charge >= 0.3 is 12.1 Å². The van der Waals surface area contributed by atoms with Crippen LogP contribution in [0, 0.1) is 10.1 Å². The van der Waals surface area contributed by atoms with Gasteiger partial charge in [-0.3, -0.25) is 15.0 Å². The Bertz CT molecular complexity index is 1770. The molecule has 5 rings (SSSR count). The van der Waals surface area contributed by atoms with E-state index in [1.54, 1.807) is 32.9 Å². The fraction of sp³-hybridized carbons (Fsp3) is 0.471. The van der Waals surface area contributed by atoms with Crippen molar-refractivity contribution in [3.05, 3.63) is 56.8 Å². The molecule has 2 heterocycles. The third-order valence-electron chi connectivity index (χ3n) is 8.79. The molecule has 15 nitrogen and oxygen atoms in total. The van der Waals surface area contributed by atoms with Gasteiger partial charge in [-0.2, -0.15) is 4.90 Å². The van der Waals surface area contributed by atoms with E-state index < -0.39 is 22.6 Å². The number of aromatic nitrogens is 2. The summed E-state index contributed by atoms with van der Waals surface area (Å²) in [5.41, 5.74) is -0.412. The second-order valence-electron chi connectivity index (χ2n) is 13.4. The van der Waals surface area contributed by atoms with E-state index in [-0.39, 0.29) is 50.2 Å². The number of nitrogens with zero attached hydrogens (tertiary/aromatic N) is 7. The summed E-state index contributed by atoms with van der Waals surface area (Å²) in [7, 11) is 6.27. The quantitative estimate of drug-likeness (QED) is 0.161. The molecule has 51 heavy (non-hydrogen) atoms. The van der Waals surface area contributed by atoms with Crippen LogP contribution in [0.5, 0.6) is 11.5 Å². The number of imide groups is 1. The number of nitrogens with one attached hydrogen (secondary N) is 1. The van der Waals surface area contributed by atoms with E-state index in [1.807, 2.05) is 6.07 Å². The number of urea groups is 1. The first kappa shape index (κ1) is 37.7. The van der Waals surface area contributed by atoms with Crippen LogP contribution < -0.4 is 29.5 Å². The average Bonchev–Trinajstić information content (AvgIpc) is 3.95. The van der Waals surface area contributed by atoms with Gasteiger partial charge in [-0.1, -0.05) is 23.2 Å². The zero-order chi connectivity index (χ0) is 37.2. The number of amides is 3. The fourth-order valence-electron chi connectivity index (χ4n) is 5.91. The number of nitro groups is 1. The zero-order valence-corrected chi connectivity index (χ0v) is 31.1. The lowest BCUT2D eigenvalue weighted by atomic mass is 10.0. The van der Waals surface area contributed by atoms with Gasteiger partial charge in [0.15, 0.2) is 0 Å². The number of rotatable bonds is 10. The third-order valence-corrected chi connectivity index (χ3v) is 9.52. The topological polar surface area (TPSA) is 156 Å². The van der Waals surface area contributed by atoms with E-state index in [0.29, 0.717) is 17.0 Å². The van der Waals surface area contributed by atoms with Gasteiger partial charge in [-0.05, 0) is 65.6 Å². The highest BCUT2D eigenvalue weighted by Gasteiger charge is 2.37. The second kappa shape index (κ2) is 15.3. The van der Waals surface area contributed by atoms with Crippen molar-refractivity contribution in [1.29, 1.82) is 0 Å². The Balaban J connectivity index is 1.40. The predicted molar refractivity (Wildman–Crippen MR) is 197 cm³/mol. The Kier molecular flexibility index (Phi) is 11.3. The highest BCUT2D eigenvalue weighted by Crippen LogP contribution is 2.47. The van der Waals surface area contributed by atoms with Crippen LogP contribution in [-0.2, 0) is 4.74 Å². The summed E-state index contributed by atoms with van der Waals surface area (Å²) in [4.78, 5) is 54.3. The standard InChI is InChI=1S/C34H42Cl2N8O7/c1-34(2,3)51-33(46)43(31-29(35)25(49-6)17-26(50-7)30(31)36)32(45)41(5)28-18-27(37-19-38-28)39-23-11-10-22(16-24(23)44(47)48)42-14-12-21(13-15-42)40(4)20-8-9-20/h10-11,16-21H,8-9,12-15H2,1-7H3,(H,37,38,39). The average molecular weight is 746 g/mol. The molecule has 3 aromatic rings. The van der Waals surface area contributed by atoms with Gasteiger partial charge in [-0.15, -0.1) is 0 Å². The van der Waals surface area contributed by atoms with Crippen molar-refractivity contribution >= 4 is 69.7 Å². The maximum absolute atomic E-state index is 14.1. The second-order valence-corrected chi connectivity index (χ2v) is 14.1. The molecule has 2 aromatic carbocycles. The van der Waals surface area contributed by atoms with E-state index in [1.165, 1.54) is 52.6 Å². The molecule has 17 heteroatoms. The summed E-state index contributed by atoms with van der Waals surface area (Å²) in [5.74, 6) is 0.362. The minimum absolute atomic E-state index is 0.0338. The van der Waals surface area contributed by atoms with Crippen LogP contribution in [-0.4, -0.2) is 91.0 Å². The van der Waals surface area contributed by atoms with Crippen molar-refractivity contribution in [2.75, 3.05) is 61.4 Å². The maximum Gasteiger partial charge on any atom is 0.423 e. The molecule has 1 aliphatic carbocycles. The van der Waals surface area contributed by atoms with Crippen LogP contribution >= 0.6 is 23.2 Å². The van der Waals surface area contributed by atoms with Crippen LogP contribution in [0.1, 0.15) is 46.5 Å². The van der Waals surface area contributed by atoms with Gasteiger partial charge in [-0.25, -0.2) is 19.6 Å². The normalized spacial score (nSPS) is 15.0. The summed E-state index contributed by atoms with van der Waals surface area (Å²) >= 11 is 13.2. The Morgan fingerprint density at radius 2 is 1.57 bits per heavy atom. The monoisotopic (exact) mass is 744 g/mol. The number of hydrogen-bond donors (Lipinski definition) is 1. The maximum atomic E-state index is 14.1. The first-order valence-electron chi connectivity index (χ1n) is 16.4. The van der Waals surface area contributed by atoms with Crippen molar-refractivity contribution in [3.63, 3.8) is 0 Å². The molecule has 1 saturated carbocycles. The first-order chi connectivity index (χ1) is 24.1. The Hall–Kier alpha value is -4.60. The lowest BCUT2D eigenvalue weighted by Crippen LogP contribution is -2.47. The van der Waals surface area contributed by atoms with Gasteiger partial charge < -0.3 is 29.3 Å². The van der Waals surface area contributed by atoms with E-state index in [0.717, 1.165) is 36.5 Å². The van der Waals surface area contributed by atoms with Gasteiger partial charge in [0.25, 0.3) is 5.69 Å². The molecule has 1 aliphatic heterocycles. The summed E-state index contributed by atoms with van der Waals surface area (Å²) in [5, 5.41) is 14.9. The number of carbonyl (C=O) groups excluding carboxylic acids is 2. The van der Waals surface area contributed by atoms with Crippen LogP contribution in [0.25, 0.3) is 0 Å². The zero-order valence-electron chi connectivity index (χ0n) is 29.6. The molecule has 1 N–H and O–H groups in total. The Labute approximate surface area is 306 Å². The number of ether oxygens (including phenoxy) is 3.